The van der Waals surface area contributed by atoms with Crippen molar-refractivity contribution in [3.05, 3.63) is 81.2 Å². The monoisotopic (exact) mass is 409 g/mol. The number of carbonyl (C=O) groups excluding carboxylic acids is 2. The van der Waals surface area contributed by atoms with Gasteiger partial charge in [-0.15, -0.1) is 23.1 Å². The van der Waals surface area contributed by atoms with Crippen LogP contribution in [-0.2, 0) is 18.7 Å². The minimum absolute atomic E-state index is 0.0246. The summed E-state index contributed by atoms with van der Waals surface area (Å²) in [6.07, 6.45) is 2.62. The van der Waals surface area contributed by atoms with E-state index >= 15 is 0 Å². The van der Waals surface area contributed by atoms with Crippen molar-refractivity contribution < 1.29 is 9.59 Å². The molecule has 142 valence electrons. The highest BCUT2D eigenvalue weighted by Crippen LogP contribution is 2.28. The molecule has 0 radical (unpaired) electrons. The van der Waals surface area contributed by atoms with Crippen molar-refractivity contribution in [3.8, 4) is 0 Å². The number of thioether (sulfide) groups is 1. The first-order valence-electron chi connectivity index (χ1n) is 8.93. The van der Waals surface area contributed by atoms with Crippen molar-refractivity contribution in [3.63, 3.8) is 0 Å². The number of thiophene rings is 1. The van der Waals surface area contributed by atoms with Crippen molar-refractivity contribution in [2.24, 2.45) is 5.73 Å². The number of nitrogens with two attached hydrogens (primary N) is 1. The predicted molar refractivity (Wildman–Crippen MR) is 112 cm³/mol. The van der Waals surface area contributed by atoms with E-state index in [2.05, 4.69) is 16.4 Å². The van der Waals surface area contributed by atoms with Crippen LogP contribution in [-0.4, -0.2) is 28.2 Å². The first-order chi connectivity index (χ1) is 13.6. The molecule has 1 aromatic carbocycles. The molecule has 0 fully saturated rings. The SMILES string of the molecule is NC(=O)c1ccc(CSc2ncccc2C(=O)N2CCc3sccc3C2)cc1. The number of nitrogens with zero attached hydrogens (tertiary/aromatic N) is 2. The van der Waals surface area contributed by atoms with E-state index in [1.807, 2.05) is 23.1 Å². The Bertz CT molecular complexity index is 1010. The van der Waals surface area contributed by atoms with Gasteiger partial charge in [-0.05, 0) is 53.3 Å². The van der Waals surface area contributed by atoms with E-state index in [9.17, 15) is 9.59 Å². The molecule has 2 N–H and O–H groups in total. The number of rotatable bonds is 5. The summed E-state index contributed by atoms with van der Waals surface area (Å²) >= 11 is 3.28. The van der Waals surface area contributed by atoms with E-state index in [0.29, 0.717) is 23.4 Å². The molecule has 0 saturated heterocycles. The van der Waals surface area contributed by atoms with Gasteiger partial charge in [0.15, 0.2) is 0 Å². The zero-order valence-corrected chi connectivity index (χ0v) is 16.8. The second-order valence-electron chi connectivity index (χ2n) is 6.55. The van der Waals surface area contributed by atoms with Crippen molar-refractivity contribution in [1.82, 2.24) is 9.88 Å². The molecule has 1 aliphatic heterocycles. The van der Waals surface area contributed by atoms with Crippen molar-refractivity contribution in [2.75, 3.05) is 6.54 Å². The maximum Gasteiger partial charge on any atom is 0.256 e. The molecule has 0 unspecified atom stereocenters. The van der Waals surface area contributed by atoms with Gasteiger partial charge in [0.25, 0.3) is 5.91 Å². The molecular weight excluding hydrogens is 390 g/mol. The Morgan fingerprint density at radius 1 is 1.18 bits per heavy atom. The number of fused-ring (bicyclic) bond motifs is 1. The first kappa shape index (κ1) is 18.7. The third-order valence-corrected chi connectivity index (χ3v) is 6.81. The number of hydrogen-bond donors (Lipinski definition) is 1. The van der Waals surface area contributed by atoms with Crippen molar-refractivity contribution in [2.45, 2.75) is 23.7 Å². The molecule has 0 bridgehead atoms. The van der Waals surface area contributed by atoms with Gasteiger partial charge in [0.1, 0.15) is 5.03 Å². The Balaban J connectivity index is 1.47. The minimum Gasteiger partial charge on any atom is -0.366 e. The molecule has 28 heavy (non-hydrogen) atoms. The lowest BCUT2D eigenvalue weighted by molar-refractivity contribution is 0.0731. The molecule has 0 saturated carbocycles. The fourth-order valence-electron chi connectivity index (χ4n) is 3.18. The Kier molecular flexibility index (Phi) is 5.45. The zero-order valence-electron chi connectivity index (χ0n) is 15.1. The van der Waals surface area contributed by atoms with Gasteiger partial charge in [-0.25, -0.2) is 4.98 Å². The van der Waals surface area contributed by atoms with Gasteiger partial charge in [0, 0.05) is 35.5 Å². The van der Waals surface area contributed by atoms with E-state index < -0.39 is 5.91 Å². The summed E-state index contributed by atoms with van der Waals surface area (Å²) in [6.45, 7) is 1.39. The van der Waals surface area contributed by atoms with Crippen molar-refractivity contribution >= 4 is 34.9 Å². The van der Waals surface area contributed by atoms with E-state index in [4.69, 9.17) is 5.73 Å². The lowest BCUT2D eigenvalue weighted by Gasteiger charge is -2.27. The number of amides is 2. The largest absolute Gasteiger partial charge is 0.366 e. The quantitative estimate of drug-likeness (QED) is 0.652. The number of hydrogen-bond acceptors (Lipinski definition) is 5. The smallest absolute Gasteiger partial charge is 0.256 e. The molecule has 3 aromatic rings. The fourth-order valence-corrected chi connectivity index (χ4v) is 5.01. The lowest BCUT2D eigenvalue weighted by atomic mass is 10.1. The van der Waals surface area contributed by atoms with Gasteiger partial charge in [-0.2, -0.15) is 0 Å². The Morgan fingerprint density at radius 2 is 2.00 bits per heavy atom. The van der Waals surface area contributed by atoms with Crippen LogP contribution in [0.2, 0.25) is 0 Å². The van der Waals surface area contributed by atoms with Crippen LogP contribution in [0.15, 0.2) is 59.1 Å². The van der Waals surface area contributed by atoms with Crippen molar-refractivity contribution in [1.29, 1.82) is 0 Å². The summed E-state index contributed by atoms with van der Waals surface area (Å²) < 4.78 is 0. The van der Waals surface area contributed by atoms with E-state index in [1.54, 1.807) is 35.7 Å². The maximum absolute atomic E-state index is 13.1. The molecule has 3 heterocycles. The molecule has 7 heteroatoms. The second-order valence-corrected chi connectivity index (χ2v) is 8.52. The summed E-state index contributed by atoms with van der Waals surface area (Å²) in [5.41, 5.74) is 8.69. The molecule has 0 atom stereocenters. The molecule has 5 nitrogen and oxygen atoms in total. The highest BCUT2D eigenvalue weighted by Gasteiger charge is 2.24. The first-order valence-corrected chi connectivity index (χ1v) is 10.8. The number of benzene rings is 1. The molecule has 0 aliphatic carbocycles. The van der Waals surface area contributed by atoms with E-state index in [-0.39, 0.29) is 5.91 Å². The molecule has 4 rings (SSSR count). The topological polar surface area (TPSA) is 76.3 Å². The predicted octanol–water partition coefficient (Wildman–Crippen LogP) is 3.73. The van der Waals surface area contributed by atoms with Gasteiger partial charge in [0.2, 0.25) is 5.91 Å². The minimum atomic E-state index is -0.438. The Hall–Kier alpha value is -2.64. The summed E-state index contributed by atoms with van der Waals surface area (Å²) in [5, 5.41) is 2.82. The average Bonchev–Trinajstić information content (AvgIpc) is 3.20. The lowest BCUT2D eigenvalue weighted by Crippen LogP contribution is -2.35. The summed E-state index contributed by atoms with van der Waals surface area (Å²) in [7, 11) is 0. The average molecular weight is 410 g/mol. The number of primary amides is 1. The number of pyridine rings is 1. The van der Waals surface area contributed by atoms with Gasteiger partial charge < -0.3 is 10.6 Å². The molecule has 2 amide bonds. The van der Waals surface area contributed by atoms with Crippen LogP contribution >= 0.6 is 23.1 Å². The highest BCUT2D eigenvalue weighted by atomic mass is 32.2. The number of carbonyl (C=O) groups is 2. The van der Waals surface area contributed by atoms with Gasteiger partial charge in [0.05, 0.1) is 5.56 Å². The summed E-state index contributed by atoms with van der Waals surface area (Å²) in [5.74, 6) is 0.244. The van der Waals surface area contributed by atoms with Crippen LogP contribution in [0.1, 0.15) is 36.7 Å². The third kappa shape index (κ3) is 3.95. The highest BCUT2D eigenvalue weighted by molar-refractivity contribution is 7.98. The maximum atomic E-state index is 13.1. The summed E-state index contributed by atoms with van der Waals surface area (Å²) in [6, 6.07) is 12.9. The van der Waals surface area contributed by atoms with E-state index in [1.165, 1.54) is 22.2 Å². The normalized spacial score (nSPS) is 13.2. The Labute approximate surface area is 171 Å². The van der Waals surface area contributed by atoms with Gasteiger partial charge in [-0.1, -0.05) is 12.1 Å². The zero-order chi connectivity index (χ0) is 19.5. The standard InChI is InChI=1S/C21H19N3O2S2/c22-19(25)15-5-3-14(4-6-15)13-28-20-17(2-1-9-23-20)21(26)24-10-7-18-16(12-24)8-11-27-18/h1-6,8-9,11H,7,10,12-13H2,(H2,22,25). The molecular formula is C21H19N3O2S2. The van der Waals surface area contributed by atoms with Gasteiger partial charge in [-0.3, -0.25) is 9.59 Å². The fraction of sp³-hybridized carbons (Fsp3) is 0.190. The van der Waals surface area contributed by atoms with Gasteiger partial charge >= 0.3 is 0 Å². The molecule has 1 aliphatic rings. The van der Waals surface area contributed by atoms with Crippen LogP contribution in [0.25, 0.3) is 0 Å². The van der Waals surface area contributed by atoms with Crippen LogP contribution in [0.4, 0.5) is 0 Å². The second kappa shape index (κ2) is 8.16. The van der Waals surface area contributed by atoms with Crippen LogP contribution in [0.3, 0.4) is 0 Å². The molecule has 0 spiro atoms. The van der Waals surface area contributed by atoms with Crippen LogP contribution in [0, 0.1) is 0 Å². The summed E-state index contributed by atoms with van der Waals surface area (Å²) in [4.78, 5) is 32.0. The van der Waals surface area contributed by atoms with Crippen LogP contribution in [0.5, 0.6) is 0 Å². The van der Waals surface area contributed by atoms with Crippen LogP contribution < -0.4 is 5.73 Å². The third-order valence-electron chi connectivity index (χ3n) is 4.71. The Morgan fingerprint density at radius 3 is 2.79 bits per heavy atom. The van der Waals surface area contributed by atoms with E-state index in [0.717, 1.165) is 23.6 Å². The number of aromatic nitrogens is 1. The molecule has 2 aromatic heterocycles.